The summed E-state index contributed by atoms with van der Waals surface area (Å²) in [5.74, 6) is 0.683. The second-order valence-corrected chi connectivity index (χ2v) is 5.72. The molecule has 1 amide bonds. The summed E-state index contributed by atoms with van der Waals surface area (Å²) < 4.78 is 5.42. The third-order valence-electron chi connectivity index (χ3n) is 3.04. The summed E-state index contributed by atoms with van der Waals surface area (Å²) in [6.45, 7) is 4.94. The van der Waals surface area contributed by atoms with E-state index in [4.69, 9.17) is 9.84 Å². The smallest absolute Gasteiger partial charge is 0.263 e. The van der Waals surface area contributed by atoms with Gasteiger partial charge >= 0.3 is 0 Å². The maximum Gasteiger partial charge on any atom is 0.263 e. The number of benzene rings is 1. The van der Waals surface area contributed by atoms with Crippen LogP contribution < -0.4 is 10.1 Å². The predicted octanol–water partition coefficient (Wildman–Crippen LogP) is 2.63. The molecule has 0 aliphatic rings. The molecule has 0 atom stereocenters. The lowest BCUT2D eigenvalue weighted by Crippen LogP contribution is -2.24. The molecule has 0 radical (unpaired) electrons. The number of thiazole rings is 1. The van der Waals surface area contributed by atoms with Gasteiger partial charge in [0.2, 0.25) is 0 Å². The Morgan fingerprint density at radius 1 is 1.36 bits per heavy atom. The lowest BCUT2D eigenvalue weighted by Gasteiger charge is -2.03. The summed E-state index contributed by atoms with van der Waals surface area (Å²) in [5.41, 5.74) is 1.68. The number of amides is 1. The average molecular weight is 320 g/mol. The second kappa shape index (κ2) is 7.91. The van der Waals surface area contributed by atoms with Gasteiger partial charge in [-0.05, 0) is 44.5 Å². The fourth-order valence-electron chi connectivity index (χ4n) is 1.95. The fourth-order valence-corrected chi connectivity index (χ4v) is 2.94. The molecule has 2 N–H and O–H groups in total. The van der Waals surface area contributed by atoms with E-state index in [9.17, 15) is 4.79 Å². The molecule has 6 heteroatoms. The first-order valence-corrected chi connectivity index (χ1v) is 8.07. The van der Waals surface area contributed by atoms with Crippen molar-refractivity contribution in [2.24, 2.45) is 0 Å². The molecule has 22 heavy (non-hydrogen) atoms. The first kappa shape index (κ1) is 16.5. The summed E-state index contributed by atoms with van der Waals surface area (Å²) in [7, 11) is 0. The van der Waals surface area contributed by atoms with Gasteiger partial charge in [0.15, 0.2) is 0 Å². The summed E-state index contributed by atoms with van der Waals surface area (Å²) in [6.07, 6.45) is 0.551. The van der Waals surface area contributed by atoms with Crippen molar-refractivity contribution >= 4 is 17.2 Å². The van der Waals surface area contributed by atoms with Crippen LogP contribution in [0.1, 0.15) is 28.7 Å². The molecule has 0 fully saturated rings. The molecule has 1 aromatic carbocycles. The first-order chi connectivity index (χ1) is 10.7. The number of rotatable bonds is 7. The number of aliphatic hydroxyl groups excluding tert-OH is 1. The van der Waals surface area contributed by atoms with Crippen LogP contribution in [0.25, 0.3) is 10.6 Å². The monoisotopic (exact) mass is 320 g/mol. The van der Waals surface area contributed by atoms with Crippen LogP contribution in [-0.2, 0) is 0 Å². The van der Waals surface area contributed by atoms with Crippen molar-refractivity contribution in [1.29, 1.82) is 0 Å². The van der Waals surface area contributed by atoms with Gasteiger partial charge in [-0.15, -0.1) is 11.3 Å². The van der Waals surface area contributed by atoms with Gasteiger partial charge < -0.3 is 15.2 Å². The molecule has 0 spiro atoms. The van der Waals surface area contributed by atoms with Gasteiger partial charge in [-0.2, -0.15) is 0 Å². The normalized spacial score (nSPS) is 10.5. The molecule has 1 heterocycles. The third kappa shape index (κ3) is 4.05. The molecule has 0 saturated heterocycles. The standard InChI is InChI=1S/C16H20N2O3S/c1-3-21-13-7-5-12(6-8-13)16-18-11(2)14(22-16)15(20)17-9-4-10-19/h5-8,19H,3-4,9-10H2,1-2H3,(H,17,20). The molecule has 1 aromatic heterocycles. The Balaban J connectivity index is 2.13. The molecule has 0 aliphatic heterocycles. The van der Waals surface area contributed by atoms with E-state index in [1.165, 1.54) is 11.3 Å². The van der Waals surface area contributed by atoms with Crippen molar-refractivity contribution in [1.82, 2.24) is 10.3 Å². The zero-order chi connectivity index (χ0) is 15.9. The van der Waals surface area contributed by atoms with E-state index in [1.54, 1.807) is 0 Å². The zero-order valence-electron chi connectivity index (χ0n) is 12.8. The molecule has 2 rings (SSSR count). The van der Waals surface area contributed by atoms with Crippen molar-refractivity contribution in [3.63, 3.8) is 0 Å². The van der Waals surface area contributed by atoms with Crippen LogP contribution in [0.15, 0.2) is 24.3 Å². The van der Waals surface area contributed by atoms with E-state index in [-0.39, 0.29) is 12.5 Å². The maximum atomic E-state index is 12.1. The minimum atomic E-state index is -0.138. The second-order valence-electron chi connectivity index (χ2n) is 4.72. The number of aromatic nitrogens is 1. The maximum absolute atomic E-state index is 12.1. The van der Waals surface area contributed by atoms with Crippen LogP contribution in [0.2, 0.25) is 0 Å². The highest BCUT2D eigenvalue weighted by atomic mass is 32.1. The van der Waals surface area contributed by atoms with Crippen molar-refractivity contribution in [2.75, 3.05) is 19.8 Å². The van der Waals surface area contributed by atoms with Crippen LogP contribution in [0.5, 0.6) is 5.75 Å². The number of nitrogens with one attached hydrogen (secondary N) is 1. The SMILES string of the molecule is CCOc1ccc(-c2nc(C)c(C(=O)NCCCO)s2)cc1. The Bertz CT molecular complexity index is 623. The summed E-state index contributed by atoms with van der Waals surface area (Å²) >= 11 is 1.37. The number of aliphatic hydroxyl groups is 1. The number of carbonyl (C=O) groups is 1. The Hall–Kier alpha value is -1.92. The van der Waals surface area contributed by atoms with Gasteiger partial charge in [0.1, 0.15) is 15.6 Å². The van der Waals surface area contributed by atoms with Gasteiger partial charge in [-0.1, -0.05) is 0 Å². The third-order valence-corrected chi connectivity index (χ3v) is 4.24. The van der Waals surface area contributed by atoms with E-state index < -0.39 is 0 Å². The molecule has 5 nitrogen and oxygen atoms in total. The highest BCUT2D eigenvalue weighted by Crippen LogP contribution is 2.29. The Labute approximate surface area is 134 Å². The Morgan fingerprint density at radius 3 is 2.73 bits per heavy atom. The topological polar surface area (TPSA) is 71.5 Å². The lowest BCUT2D eigenvalue weighted by molar-refractivity contribution is 0.0954. The minimum Gasteiger partial charge on any atom is -0.494 e. The highest BCUT2D eigenvalue weighted by molar-refractivity contribution is 7.17. The number of carbonyl (C=O) groups excluding carboxylic acids is 1. The summed E-state index contributed by atoms with van der Waals surface area (Å²) in [4.78, 5) is 17.2. The van der Waals surface area contributed by atoms with E-state index in [0.29, 0.717) is 24.4 Å². The molecule has 118 valence electrons. The number of aryl methyl sites for hydroxylation is 1. The molecule has 2 aromatic rings. The number of ether oxygens (including phenoxy) is 1. The zero-order valence-corrected chi connectivity index (χ0v) is 13.6. The average Bonchev–Trinajstić information content (AvgIpc) is 2.90. The minimum absolute atomic E-state index is 0.0688. The molecular weight excluding hydrogens is 300 g/mol. The largest absolute Gasteiger partial charge is 0.494 e. The van der Waals surface area contributed by atoms with Crippen LogP contribution in [0.4, 0.5) is 0 Å². The quantitative estimate of drug-likeness (QED) is 0.769. The van der Waals surface area contributed by atoms with Crippen LogP contribution in [0.3, 0.4) is 0 Å². The molecule has 0 saturated carbocycles. The van der Waals surface area contributed by atoms with Gasteiger partial charge in [0.25, 0.3) is 5.91 Å². The van der Waals surface area contributed by atoms with E-state index in [0.717, 1.165) is 22.0 Å². The molecule has 0 unspecified atom stereocenters. The molecular formula is C16H20N2O3S. The highest BCUT2D eigenvalue weighted by Gasteiger charge is 2.15. The van der Waals surface area contributed by atoms with E-state index >= 15 is 0 Å². The lowest BCUT2D eigenvalue weighted by atomic mass is 10.2. The molecule has 0 aliphatic carbocycles. The van der Waals surface area contributed by atoms with Crippen LogP contribution in [-0.4, -0.2) is 35.8 Å². The summed E-state index contributed by atoms with van der Waals surface area (Å²) in [5, 5.41) is 12.3. The van der Waals surface area contributed by atoms with Crippen LogP contribution in [0, 0.1) is 6.92 Å². The Morgan fingerprint density at radius 2 is 2.09 bits per heavy atom. The predicted molar refractivity (Wildman–Crippen MR) is 87.5 cm³/mol. The van der Waals surface area contributed by atoms with Gasteiger partial charge in [0.05, 0.1) is 12.3 Å². The number of hydrogen-bond donors (Lipinski definition) is 2. The van der Waals surface area contributed by atoms with Crippen molar-refractivity contribution < 1.29 is 14.6 Å². The van der Waals surface area contributed by atoms with Crippen molar-refractivity contribution in [3.05, 3.63) is 34.8 Å². The van der Waals surface area contributed by atoms with Crippen molar-refractivity contribution in [2.45, 2.75) is 20.3 Å². The summed E-state index contributed by atoms with van der Waals surface area (Å²) in [6, 6.07) is 7.68. The van der Waals surface area contributed by atoms with Crippen molar-refractivity contribution in [3.8, 4) is 16.3 Å². The number of hydrogen-bond acceptors (Lipinski definition) is 5. The van der Waals surface area contributed by atoms with Gasteiger partial charge in [0, 0.05) is 18.7 Å². The Kier molecular flexibility index (Phi) is 5.91. The number of nitrogens with zero attached hydrogens (tertiary/aromatic N) is 1. The fraction of sp³-hybridized carbons (Fsp3) is 0.375. The molecule has 0 bridgehead atoms. The van der Waals surface area contributed by atoms with E-state index in [1.807, 2.05) is 38.1 Å². The van der Waals surface area contributed by atoms with Gasteiger partial charge in [-0.3, -0.25) is 4.79 Å². The van der Waals surface area contributed by atoms with Gasteiger partial charge in [-0.25, -0.2) is 4.98 Å². The first-order valence-electron chi connectivity index (χ1n) is 7.25. The van der Waals surface area contributed by atoms with Crippen LogP contribution >= 0.6 is 11.3 Å². The van der Waals surface area contributed by atoms with E-state index in [2.05, 4.69) is 10.3 Å².